The third kappa shape index (κ3) is 9.12. The van der Waals surface area contributed by atoms with Crippen LogP contribution in [0.5, 0.6) is 17.4 Å². The van der Waals surface area contributed by atoms with Gasteiger partial charge in [-0.1, -0.05) is 26.0 Å². The van der Waals surface area contributed by atoms with Crippen LogP contribution in [-0.4, -0.2) is 95.5 Å². The molecule has 3 heterocycles. The third-order valence-corrected chi connectivity index (χ3v) is 14.6. The lowest BCUT2D eigenvalue weighted by molar-refractivity contribution is -0.142. The normalized spacial score (nSPS) is 27.5. The quantitative estimate of drug-likeness (QED) is 0.182. The highest BCUT2D eigenvalue weighted by molar-refractivity contribution is 7.91. The Morgan fingerprint density at radius 3 is 2.46 bits per heavy atom. The van der Waals surface area contributed by atoms with Crippen molar-refractivity contribution in [3.8, 4) is 28.6 Å². The van der Waals surface area contributed by atoms with Gasteiger partial charge in [0.25, 0.3) is 5.91 Å². The molecule has 1 aromatic heterocycles. The fourth-order valence-electron chi connectivity index (χ4n) is 8.48. The predicted octanol–water partition coefficient (Wildman–Crippen LogP) is 5.71. The molecule has 3 aromatic rings. The lowest BCUT2D eigenvalue weighted by Gasteiger charge is -2.32. The van der Waals surface area contributed by atoms with E-state index in [1.807, 2.05) is 45.1 Å². The van der Waals surface area contributed by atoms with E-state index in [0.29, 0.717) is 59.9 Å². The van der Waals surface area contributed by atoms with Gasteiger partial charge in [0.15, 0.2) is 11.6 Å². The number of aromatic nitrogens is 1. The van der Waals surface area contributed by atoms with Crippen molar-refractivity contribution in [2.24, 2.45) is 17.8 Å². The minimum Gasteiger partial charge on any atom is -0.494 e. The van der Waals surface area contributed by atoms with Gasteiger partial charge in [0.2, 0.25) is 27.7 Å². The predicted molar refractivity (Wildman–Crippen MR) is 224 cm³/mol. The van der Waals surface area contributed by atoms with Crippen molar-refractivity contribution < 1.29 is 51.3 Å². The Balaban J connectivity index is 1.26. The van der Waals surface area contributed by atoms with Crippen LogP contribution in [-0.2, 0) is 24.4 Å². The topological polar surface area (TPSA) is 203 Å². The molecule has 61 heavy (non-hydrogen) atoms. The maximum Gasteiger partial charge on any atom is 0.405 e. The number of carbonyl (C=O) groups is 4. The highest BCUT2D eigenvalue weighted by Gasteiger charge is 2.63. The molecule has 4 amide bonds. The first-order valence-corrected chi connectivity index (χ1v) is 22.3. The highest BCUT2D eigenvalue weighted by atomic mass is 32.2. The molecule has 0 unspecified atom stereocenters. The number of nitrogens with one attached hydrogen (secondary N) is 3. The number of fused-ring (bicyclic) bond motifs is 3. The van der Waals surface area contributed by atoms with E-state index in [-0.39, 0.29) is 43.0 Å². The molecule has 2 aliphatic heterocycles. The number of halogens is 1. The first-order chi connectivity index (χ1) is 28.8. The fourth-order valence-corrected chi connectivity index (χ4v) is 9.79. The summed E-state index contributed by atoms with van der Waals surface area (Å²) >= 11 is 0. The van der Waals surface area contributed by atoms with E-state index in [2.05, 4.69) is 15.4 Å². The first-order valence-electron chi connectivity index (χ1n) is 20.8. The van der Waals surface area contributed by atoms with Gasteiger partial charge in [0.1, 0.15) is 29.5 Å². The van der Waals surface area contributed by atoms with Gasteiger partial charge in [0.05, 0.1) is 30.2 Å². The van der Waals surface area contributed by atoms with E-state index in [1.54, 1.807) is 32.0 Å². The molecule has 17 heteroatoms. The number of carboxylic acid groups (broad SMARTS) is 1. The Bertz CT molecular complexity index is 2350. The summed E-state index contributed by atoms with van der Waals surface area (Å²) in [6.45, 7) is 8.99. The first kappa shape index (κ1) is 43.6. The fraction of sp³-hybridized carbons (Fsp3) is 0.523. The summed E-state index contributed by atoms with van der Waals surface area (Å²) in [7, 11) is -2.71. The van der Waals surface area contributed by atoms with Crippen LogP contribution < -0.4 is 29.6 Å². The Labute approximate surface area is 354 Å². The van der Waals surface area contributed by atoms with Crippen LogP contribution in [0.25, 0.3) is 22.0 Å². The average Bonchev–Trinajstić information content (AvgIpc) is 4.08. The molecule has 4 aliphatic rings. The number of sulfonamides is 1. The molecular weight excluding hydrogens is 810 g/mol. The zero-order valence-corrected chi connectivity index (χ0v) is 36.0. The van der Waals surface area contributed by atoms with Gasteiger partial charge < -0.3 is 34.9 Å². The van der Waals surface area contributed by atoms with Crippen molar-refractivity contribution in [2.45, 2.75) is 114 Å². The molecule has 2 aliphatic carbocycles. The number of methoxy groups -OCH3 is 1. The van der Waals surface area contributed by atoms with Gasteiger partial charge in [-0.05, 0) is 119 Å². The monoisotopic (exact) mass is 863 g/mol. The van der Waals surface area contributed by atoms with Crippen molar-refractivity contribution in [3.05, 3.63) is 60.4 Å². The van der Waals surface area contributed by atoms with Crippen molar-refractivity contribution in [2.75, 3.05) is 13.7 Å². The second kappa shape index (κ2) is 16.8. The molecule has 0 radical (unpaired) electrons. The van der Waals surface area contributed by atoms with Gasteiger partial charge in [-0.15, -0.1) is 0 Å². The molecule has 0 spiro atoms. The molecule has 328 valence electrons. The van der Waals surface area contributed by atoms with Gasteiger partial charge in [0, 0.05) is 23.3 Å². The zero-order chi connectivity index (χ0) is 44.0. The molecular formula is C44H54FN5O10S. The maximum absolute atomic E-state index is 15.3. The summed E-state index contributed by atoms with van der Waals surface area (Å²) in [6.07, 6.45) is 3.96. The average molecular weight is 864 g/mol. The Morgan fingerprint density at radius 1 is 1.08 bits per heavy atom. The Kier molecular flexibility index (Phi) is 12.0. The lowest BCUT2D eigenvalue weighted by atomic mass is 9.88. The number of carbonyl (C=O) groups excluding carboxylic acids is 3. The second-order valence-corrected chi connectivity index (χ2v) is 19.8. The number of nitrogens with zero attached hydrogens (tertiary/aromatic N) is 2. The van der Waals surface area contributed by atoms with Crippen LogP contribution in [0.3, 0.4) is 0 Å². The Hall–Kier alpha value is -5.45. The lowest BCUT2D eigenvalue weighted by Crippen LogP contribution is -2.59. The number of hydrogen-bond acceptors (Lipinski definition) is 10. The van der Waals surface area contributed by atoms with Crippen LogP contribution in [0, 0.1) is 23.6 Å². The summed E-state index contributed by atoms with van der Waals surface area (Å²) in [6, 6.07) is 9.26. The van der Waals surface area contributed by atoms with Crippen LogP contribution in [0.1, 0.15) is 79.6 Å². The summed E-state index contributed by atoms with van der Waals surface area (Å²) in [5.74, 6) is -3.19. The Morgan fingerprint density at radius 2 is 1.80 bits per heavy atom. The molecule has 4 N–H and O–H groups in total. The van der Waals surface area contributed by atoms with Gasteiger partial charge >= 0.3 is 6.09 Å². The number of amides is 4. The van der Waals surface area contributed by atoms with Crippen molar-refractivity contribution in [1.29, 1.82) is 0 Å². The van der Waals surface area contributed by atoms with Crippen molar-refractivity contribution in [1.82, 2.24) is 25.2 Å². The largest absolute Gasteiger partial charge is 0.494 e. The highest BCUT2D eigenvalue weighted by Crippen LogP contribution is 2.48. The summed E-state index contributed by atoms with van der Waals surface area (Å²) < 4.78 is 60.6. The number of pyridine rings is 1. The number of hydrogen-bond donors (Lipinski definition) is 4. The molecule has 7 atom stereocenters. The second-order valence-electron chi connectivity index (χ2n) is 17.6. The summed E-state index contributed by atoms with van der Waals surface area (Å²) in [5, 5.41) is 16.0. The third-order valence-electron chi connectivity index (χ3n) is 12.4. The molecule has 15 nitrogen and oxygen atoms in total. The minimum atomic E-state index is -4.06. The number of allylic oxidation sites excluding steroid dienone is 1. The maximum atomic E-state index is 15.3. The van der Waals surface area contributed by atoms with E-state index in [1.165, 1.54) is 24.1 Å². The van der Waals surface area contributed by atoms with Crippen LogP contribution in [0.2, 0.25) is 0 Å². The molecule has 0 bridgehead atoms. The van der Waals surface area contributed by atoms with Crippen LogP contribution in [0.4, 0.5) is 9.18 Å². The molecule has 3 fully saturated rings. The molecule has 2 saturated carbocycles. The summed E-state index contributed by atoms with van der Waals surface area (Å²) in [5.41, 5.74) is -0.450. The van der Waals surface area contributed by atoms with E-state index in [0.717, 1.165) is 0 Å². The van der Waals surface area contributed by atoms with Gasteiger partial charge in [-0.2, -0.15) is 0 Å². The molecule has 2 aromatic carbocycles. The molecule has 7 rings (SSSR count). The zero-order valence-electron chi connectivity index (χ0n) is 35.2. The van der Waals surface area contributed by atoms with Crippen molar-refractivity contribution >= 4 is 44.6 Å². The summed E-state index contributed by atoms with van der Waals surface area (Å²) in [4.78, 5) is 61.4. The van der Waals surface area contributed by atoms with E-state index < -0.39 is 80.0 Å². The number of rotatable bonds is 10. The van der Waals surface area contributed by atoms with E-state index >= 15 is 4.39 Å². The smallest absolute Gasteiger partial charge is 0.405 e. The number of benzene rings is 2. The van der Waals surface area contributed by atoms with E-state index in [9.17, 15) is 32.7 Å². The number of ether oxygens (including phenoxy) is 3. The van der Waals surface area contributed by atoms with Gasteiger partial charge in [-0.3, -0.25) is 19.1 Å². The van der Waals surface area contributed by atoms with Gasteiger partial charge in [-0.25, -0.2) is 22.6 Å². The van der Waals surface area contributed by atoms with E-state index in [4.69, 9.17) is 19.2 Å². The standard InChI is InChI=1S/C44H54FN5O10S/c1-24(2)59-30-13-11-27(12-14-30)34-18-28-19-36(58-6)33(45)21-32(28)39(46-34)60-31-20-35-38(51)48-44(41(53)49-61(56,57)43(5)15-16-43)22-29(44)10-8-7-9-25(3)17-26(4)37(47-42(54)55)40(52)50(35)23-31/h8,10-14,18-19,21,24-26,29,31,35,37,47H,7,9,15-17,20,22-23H2,1-6H3,(H,48,51)(H,49,53)(H,54,55)/t25-,26-,29-,31-,35+,37+,44-/m1/s1. The van der Waals surface area contributed by atoms with Crippen LogP contribution in [0.15, 0.2) is 54.6 Å². The van der Waals surface area contributed by atoms with Crippen molar-refractivity contribution in [3.63, 3.8) is 0 Å². The SMILES string of the molecule is COc1cc2cc(-c3ccc(OC(C)C)cc3)nc(O[C@@H]3C[C@H]4C(=O)N[C@]5(C(=O)NS(=O)(=O)C6(C)CC6)C[C@H]5C=CCC[C@@H](C)C[C@@H](C)[C@H](NC(=O)O)C(=O)N4C3)c2cc1F. The van der Waals surface area contributed by atoms with Crippen LogP contribution >= 0.6 is 0 Å². The molecule has 1 saturated heterocycles. The minimum absolute atomic E-state index is 0.00375.